The van der Waals surface area contributed by atoms with Crippen molar-refractivity contribution in [3.63, 3.8) is 0 Å². The minimum atomic E-state index is -0.724. The normalized spacial score (nSPS) is 14.7. The highest BCUT2D eigenvalue weighted by Gasteiger charge is 2.46. The number of rotatable bonds is 6. The molecule has 2 aromatic rings. The van der Waals surface area contributed by atoms with Crippen LogP contribution in [0.2, 0.25) is 0 Å². The summed E-state index contributed by atoms with van der Waals surface area (Å²) in [6.07, 6.45) is 1.25. The van der Waals surface area contributed by atoms with Crippen molar-refractivity contribution >= 4 is 17.5 Å². The lowest BCUT2D eigenvalue weighted by molar-refractivity contribution is -0.116. The second-order valence-electron chi connectivity index (χ2n) is 7.06. The Hall–Kier alpha value is -2.80. The summed E-state index contributed by atoms with van der Waals surface area (Å²) in [5.41, 5.74) is 0.704. The van der Waals surface area contributed by atoms with Gasteiger partial charge in [-0.2, -0.15) is 0 Å². The topological polar surface area (TPSA) is 61.4 Å². The Kier molecular flexibility index (Phi) is 5.23. The molecule has 0 spiro atoms. The zero-order valence-electron chi connectivity index (χ0n) is 15.2. The van der Waals surface area contributed by atoms with Crippen LogP contribution in [0.5, 0.6) is 0 Å². The van der Waals surface area contributed by atoms with Crippen LogP contribution in [0.1, 0.15) is 28.8 Å². The molecule has 142 valence electrons. The second-order valence-corrected chi connectivity index (χ2v) is 7.06. The van der Waals surface area contributed by atoms with Gasteiger partial charge in [-0.25, -0.2) is 8.78 Å². The van der Waals surface area contributed by atoms with E-state index in [0.717, 1.165) is 6.07 Å². The van der Waals surface area contributed by atoms with Crippen molar-refractivity contribution < 1.29 is 18.4 Å². The molecule has 0 atom stereocenters. The Labute approximate surface area is 156 Å². The largest absolute Gasteiger partial charge is 0.343 e. The highest BCUT2D eigenvalue weighted by molar-refractivity contribution is 5.96. The van der Waals surface area contributed by atoms with Gasteiger partial charge in [-0.3, -0.25) is 9.59 Å². The number of likely N-dealkylation sites (N-methyl/N-ethyl adjacent to an activating group) is 1. The van der Waals surface area contributed by atoms with Gasteiger partial charge >= 0.3 is 0 Å². The van der Waals surface area contributed by atoms with Crippen molar-refractivity contribution in [2.75, 3.05) is 26.0 Å². The van der Waals surface area contributed by atoms with Crippen LogP contribution in [0.15, 0.2) is 42.5 Å². The standard InChI is InChI=1S/C20H21F2N3O2/c1-25(2)12-18(26)23-17-5-3-13(4-6-17)19(27)24-20(7-8-20)14-9-15(21)11-16(22)10-14/h3-6,9-11H,7-8,12H2,1-2H3,(H,23,26)(H,24,27). The van der Waals surface area contributed by atoms with Crippen molar-refractivity contribution in [1.82, 2.24) is 10.2 Å². The highest BCUT2D eigenvalue weighted by atomic mass is 19.1. The van der Waals surface area contributed by atoms with E-state index in [2.05, 4.69) is 10.6 Å². The lowest BCUT2D eigenvalue weighted by Gasteiger charge is -2.18. The number of amides is 2. The first-order valence-corrected chi connectivity index (χ1v) is 8.61. The molecule has 1 aliphatic rings. The van der Waals surface area contributed by atoms with E-state index in [-0.39, 0.29) is 18.4 Å². The molecule has 1 fully saturated rings. The first-order chi connectivity index (χ1) is 12.8. The molecule has 2 amide bonds. The van der Waals surface area contributed by atoms with E-state index in [1.165, 1.54) is 12.1 Å². The Morgan fingerprint density at radius 3 is 2.15 bits per heavy atom. The molecular weight excluding hydrogens is 352 g/mol. The molecule has 0 unspecified atom stereocenters. The van der Waals surface area contributed by atoms with E-state index in [1.54, 1.807) is 43.3 Å². The molecule has 0 aliphatic heterocycles. The van der Waals surface area contributed by atoms with E-state index in [1.807, 2.05) is 0 Å². The van der Waals surface area contributed by atoms with E-state index in [9.17, 15) is 18.4 Å². The Morgan fingerprint density at radius 1 is 1.04 bits per heavy atom. The quantitative estimate of drug-likeness (QED) is 0.819. The van der Waals surface area contributed by atoms with Gasteiger partial charge in [0.2, 0.25) is 5.91 Å². The van der Waals surface area contributed by atoms with E-state index >= 15 is 0 Å². The molecule has 2 N–H and O–H groups in total. The number of benzene rings is 2. The van der Waals surface area contributed by atoms with Gasteiger partial charge in [-0.1, -0.05) is 0 Å². The van der Waals surface area contributed by atoms with Gasteiger partial charge in [0, 0.05) is 17.3 Å². The summed E-state index contributed by atoms with van der Waals surface area (Å²) < 4.78 is 27.0. The van der Waals surface area contributed by atoms with Gasteiger partial charge in [0.05, 0.1) is 12.1 Å². The zero-order chi connectivity index (χ0) is 19.6. The van der Waals surface area contributed by atoms with Gasteiger partial charge in [0.15, 0.2) is 0 Å². The molecule has 0 radical (unpaired) electrons. The third-order valence-corrected chi connectivity index (χ3v) is 4.41. The molecule has 0 bridgehead atoms. The maximum atomic E-state index is 13.5. The predicted molar refractivity (Wildman–Crippen MR) is 98.4 cm³/mol. The molecule has 7 heteroatoms. The fourth-order valence-corrected chi connectivity index (χ4v) is 2.92. The fourth-order valence-electron chi connectivity index (χ4n) is 2.92. The van der Waals surface area contributed by atoms with Crippen molar-refractivity contribution in [3.05, 3.63) is 65.2 Å². The molecule has 1 aliphatic carbocycles. The molecule has 0 saturated heterocycles. The molecule has 5 nitrogen and oxygen atoms in total. The molecule has 0 heterocycles. The minimum Gasteiger partial charge on any atom is -0.343 e. The number of halogens is 2. The monoisotopic (exact) mass is 373 g/mol. The van der Waals surface area contributed by atoms with Gasteiger partial charge in [-0.05, 0) is 68.9 Å². The summed E-state index contributed by atoms with van der Waals surface area (Å²) in [6, 6.07) is 9.80. The van der Waals surface area contributed by atoms with Gasteiger partial charge < -0.3 is 15.5 Å². The Bertz CT molecular complexity index is 842. The van der Waals surface area contributed by atoms with Crippen LogP contribution in [-0.2, 0) is 10.3 Å². The van der Waals surface area contributed by atoms with Crippen LogP contribution in [0.4, 0.5) is 14.5 Å². The van der Waals surface area contributed by atoms with Gasteiger partial charge in [0.1, 0.15) is 11.6 Å². The predicted octanol–water partition coefficient (Wildman–Crippen LogP) is 2.88. The average molecular weight is 373 g/mol. The van der Waals surface area contributed by atoms with E-state index in [0.29, 0.717) is 29.7 Å². The Morgan fingerprint density at radius 2 is 1.63 bits per heavy atom. The number of hydrogen-bond acceptors (Lipinski definition) is 3. The summed E-state index contributed by atoms with van der Waals surface area (Å²) in [5.74, 6) is -1.81. The summed E-state index contributed by atoms with van der Waals surface area (Å²) in [4.78, 5) is 26.0. The molecular formula is C20H21F2N3O2. The average Bonchev–Trinajstić information content (AvgIpc) is 3.34. The SMILES string of the molecule is CN(C)CC(=O)Nc1ccc(C(=O)NC2(c3cc(F)cc(F)c3)CC2)cc1. The van der Waals surface area contributed by atoms with E-state index < -0.39 is 17.2 Å². The molecule has 1 saturated carbocycles. The summed E-state index contributed by atoms with van der Waals surface area (Å²) in [5, 5.41) is 5.62. The van der Waals surface area contributed by atoms with Crippen LogP contribution in [0.25, 0.3) is 0 Å². The highest BCUT2D eigenvalue weighted by Crippen LogP contribution is 2.46. The van der Waals surface area contributed by atoms with Crippen LogP contribution >= 0.6 is 0 Å². The first kappa shape index (κ1) is 19.0. The number of anilines is 1. The van der Waals surface area contributed by atoms with Crippen LogP contribution < -0.4 is 10.6 Å². The third kappa shape index (κ3) is 4.68. The van der Waals surface area contributed by atoms with Crippen LogP contribution in [0, 0.1) is 11.6 Å². The molecule has 3 rings (SSSR count). The third-order valence-electron chi connectivity index (χ3n) is 4.41. The van der Waals surface area contributed by atoms with Gasteiger partial charge in [-0.15, -0.1) is 0 Å². The number of carbonyl (C=O) groups excluding carboxylic acids is 2. The smallest absolute Gasteiger partial charge is 0.251 e. The lowest BCUT2D eigenvalue weighted by atomic mass is 10.0. The summed E-state index contributed by atoms with van der Waals surface area (Å²) in [6.45, 7) is 0.259. The van der Waals surface area contributed by atoms with Crippen LogP contribution in [-0.4, -0.2) is 37.4 Å². The number of nitrogens with one attached hydrogen (secondary N) is 2. The summed E-state index contributed by atoms with van der Waals surface area (Å²) >= 11 is 0. The zero-order valence-corrected chi connectivity index (χ0v) is 15.2. The molecule has 0 aromatic heterocycles. The maximum Gasteiger partial charge on any atom is 0.251 e. The lowest BCUT2D eigenvalue weighted by Crippen LogP contribution is -2.35. The number of hydrogen-bond donors (Lipinski definition) is 2. The fraction of sp³-hybridized carbons (Fsp3) is 0.300. The van der Waals surface area contributed by atoms with Crippen molar-refractivity contribution in [2.24, 2.45) is 0 Å². The second kappa shape index (κ2) is 7.44. The number of carbonyl (C=O) groups is 2. The maximum absolute atomic E-state index is 13.5. The molecule has 27 heavy (non-hydrogen) atoms. The Balaban J connectivity index is 1.67. The van der Waals surface area contributed by atoms with Crippen molar-refractivity contribution in [2.45, 2.75) is 18.4 Å². The minimum absolute atomic E-state index is 0.151. The summed E-state index contributed by atoms with van der Waals surface area (Å²) in [7, 11) is 3.59. The van der Waals surface area contributed by atoms with Gasteiger partial charge in [0.25, 0.3) is 5.91 Å². The van der Waals surface area contributed by atoms with E-state index in [4.69, 9.17) is 0 Å². The first-order valence-electron chi connectivity index (χ1n) is 8.61. The number of nitrogens with zero attached hydrogens (tertiary/aromatic N) is 1. The van der Waals surface area contributed by atoms with Crippen molar-refractivity contribution in [3.8, 4) is 0 Å². The van der Waals surface area contributed by atoms with Crippen LogP contribution in [0.3, 0.4) is 0 Å². The molecule has 2 aromatic carbocycles. The van der Waals surface area contributed by atoms with Crippen molar-refractivity contribution in [1.29, 1.82) is 0 Å².